The third-order valence-corrected chi connectivity index (χ3v) is 9.73. The number of allylic oxidation sites excluding steroid dienone is 14. The summed E-state index contributed by atoms with van der Waals surface area (Å²) in [5, 5.41) is 6.08. The van der Waals surface area contributed by atoms with Crippen molar-refractivity contribution in [3.63, 3.8) is 0 Å². The van der Waals surface area contributed by atoms with E-state index in [1.54, 1.807) is 0 Å². The molecule has 0 fully saturated rings. The molecule has 0 N–H and O–H groups in total. The van der Waals surface area contributed by atoms with Gasteiger partial charge < -0.3 is 4.57 Å². The lowest BCUT2D eigenvalue weighted by molar-refractivity contribution is 0.613. The van der Waals surface area contributed by atoms with Crippen molar-refractivity contribution >= 4 is 45.7 Å². The van der Waals surface area contributed by atoms with Crippen LogP contribution < -0.4 is 10.7 Å². The molecule has 244 valence electrons. The maximum Gasteiger partial charge on any atom is 0.0491 e. The van der Waals surface area contributed by atoms with Gasteiger partial charge in [0.05, 0.1) is 0 Å². The van der Waals surface area contributed by atoms with Crippen molar-refractivity contribution in [1.29, 1.82) is 0 Å². The topological polar surface area (TPSA) is 4.93 Å². The summed E-state index contributed by atoms with van der Waals surface area (Å²) in [6.07, 6.45) is 27.2. The maximum absolute atomic E-state index is 7.25. The molecular weight excluding hydrogens is 590 g/mol. The van der Waals surface area contributed by atoms with Crippen molar-refractivity contribution in [2.75, 3.05) is 0 Å². The van der Waals surface area contributed by atoms with Crippen LogP contribution in [0.3, 0.4) is 0 Å². The van der Waals surface area contributed by atoms with Crippen LogP contribution in [0.4, 0.5) is 0 Å². The van der Waals surface area contributed by atoms with E-state index in [9.17, 15) is 0 Å². The smallest absolute Gasteiger partial charge is 0.0491 e. The SMILES string of the molecule is CCCCC1=C(/C=C/C2=C(Cl)C(=C/C=c3\c4ccccc4/c(=C\C=C(C)C)n3CCCC)/CCC2)c2ccccc2C1=CC=C(C)C. The van der Waals surface area contributed by atoms with Crippen LogP contribution in [0, 0.1) is 0 Å². The summed E-state index contributed by atoms with van der Waals surface area (Å²) in [6.45, 7) is 14.2. The minimum atomic E-state index is 0.915. The number of halogens is 1. The Hall–Kier alpha value is -3.81. The van der Waals surface area contributed by atoms with E-state index in [1.807, 2.05) is 0 Å². The molecule has 3 aromatic rings. The van der Waals surface area contributed by atoms with E-state index in [-0.39, 0.29) is 0 Å². The molecule has 0 unspecified atom stereocenters. The van der Waals surface area contributed by atoms with Gasteiger partial charge in [-0.3, -0.25) is 0 Å². The molecule has 2 aliphatic rings. The molecule has 0 spiro atoms. The Morgan fingerprint density at radius 3 is 2.04 bits per heavy atom. The molecule has 2 heteroatoms. The third kappa shape index (κ3) is 8.02. The highest BCUT2D eigenvalue weighted by Crippen LogP contribution is 2.45. The number of rotatable bonds is 11. The second-order valence-electron chi connectivity index (χ2n) is 13.5. The van der Waals surface area contributed by atoms with Crippen molar-refractivity contribution in [2.24, 2.45) is 0 Å². The molecule has 0 saturated carbocycles. The standard InChI is InChI=1S/C45H52ClN/c1-7-9-18-36-39(27-23-32(3)4)37-19-11-12-20-38(37)40(36)28-25-34-16-15-17-35(45(34)46)26-30-44-42-22-14-13-21-41(42)43(29-24-33(5)6)47(44)31-10-8-2/h11-14,19-30H,7-10,15-18,31H2,1-6H3/b28-25+,35-26+,39-27?,43-29+,44-30+. The van der Waals surface area contributed by atoms with E-state index in [1.165, 1.54) is 84.5 Å². The first-order valence-corrected chi connectivity index (χ1v) is 18.1. The molecule has 0 amide bonds. The number of hydrogen-bond acceptors (Lipinski definition) is 0. The lowest BCUT2D eigenvalue weighted by Crippen LogP contribution is -2.27. The van der Waals surface area contributed by atoms with Gasteiger partial charge in [0.1, 0.15) is 0 Å². The van der Waals surface area contributed by atoms with Crippen LogP contribution >= 0.6 is 11.6 Å². The lowest BCUT2D eigenvalue weighted by Gasteiger charge is -2.17. The number of aromatic nitrogens is 1. The summed E-state index contributed by atoms with van der Waals surface area (Å²) < 4.78 is 2.51. The summed E-state index contributed by atoms with van der Waals surface area (Å²) in [7, 11) is 0. The Labute approximate surface area is 288 Å². The van der Waals surface area contributed by atoms with Gasteiger partial charge >= 0.3 is 0 Å². The molecule has 1 aromatic heterocycles. The lowest BCUT2D eigenvalue weighted by atomic mass is 9.93. The van der Waals surface area contributed by atoms with E-state index in [4.69, 9.17) is 11.6 Å². The Bertz CT molecular complexity index is 1950. The van der Waals surface area contributed by atoms with Crippen LogP contribution in [-0.4, -0.2) is 4.57 Å². The number of nitrogens with zero attached hydrogens (tertiary/aromatic N) is 1. The van der Waals surface area contributed by atoms with E-state index in [0.717, 1.165) is 50.1 Å². The predicted molar refractivity (Wildman–Crippen MR) is 209 cm³/mol. The minimum absolute atomic E-state index is 0.915. The van der Waals surface area contributed by atoms with E-state index in [2.05, 4.69) is 143 Å². The normalized spacial score (nSPS) is 17.6. The van der Waals surface area contributed by atoms with Crippen molar-refractivity contribution in [1.82, 2.24) is 4.57 Å². The molecule has 47 heavy (non-hydrogen) atoms. The summed E-state index contributed by atoms with van der Waals surface area (Å²) >= 11 is 7.25. The summed E-state index contributed by atoms with van der Waals surface area (Å²) in [5.41, 5.74) is 11.9. The molecular formula is C45H52ClN. The zero-order valence-electron chi connectivity index (χ0n) is 29.4. The first-order valence-electron chi connectivity index (χ1n) is 17.7. The molecule has 0 bridgehead atoms. The van der Waals surface area contributed by atoms with E-state index in [0.29, 0.717) is 0 Å². The average Bonchev–Trinajstić information content (AvgIpc) is 3.53. The number of benzene rings is 2. The molecule has 1 heterocycles. The molecule has 0 radical (unpaired) electrons. The monoisotopic (exact) mass is 641 g/mol. The van der Waals surface area contributed by atoms with Crippen LogP contribution in [0.25, 0.3) is 34.1 Å². The van der Waals surface area contributed by atoms with Gasteiger partial charge in [0.25, 0.3) is 0 Å². The van der Waals surface area contributed by atoms with Gasteiger partial charge in [-0.15, -0.1) is 0 Å². The zero-order chi connectivity index (χ0) is 33.3. The van der Waals surface area contributed by atoms with Gasteiger partial charge in [0.2, 0.25) is 0 Å². The summed E-state index contributed by atoms with van der Waals surface area (Å²) in [6, 6.07) is 17.7. The zero-order valence-corrected chi connectivity index (χ0v) is 30.2. The number of hydrogen-bond donors (Lipinski definition) is 0. The second kappa shape index (κ2) is 16.3. The largest absolute Gasteiger partial charge is 0.340 e. The van der Waals surface area contributed by atoms with Gasteiger partial charge in [-0.25, -0.2) is 0 Å². The van der Waals surface area contributed by atoms with Gasteiger partial charge in [-0.1, -0.05) is 134 Å². The Kier molecular flexibility index (Phi) is 12.0. The third-order valence-electron chi connectivity index (χ3n) is 9.24. The first-order chi connectivity index (χ1) is 22.8. The molecule has 2 aromatic carbocycles. The van der Waals surface area contributed by atoms with Crippen LogP contribution in [0.1, 0.15) is 104 Å². The Morgan fingerprint density at radius 1 is 0.723 bits per heavy atom. The first kappa shape index (κ1) is 34.5. The minimum Gasteiger partial charge on any atom is -0.340 e. The van der Waals surface area contributed by atoms with Crippen LogP contribution in [-0.2, 0) is 6.54 Å². The molecule has 0 saturated heterocycles. The predicted octanol–water partition coefficient (Wildman–Crippen LogP) is 12.1. The van der Waals surface area contributed by atoms with Gasteiger partial charge in [0, 0.05) is 33.0 Å². The highest BCUT2D eigenvalue weighted by molar-refractivity contribution is 6.32. The van der Waals surface area contributed by atoms with Crippen molar-refractivity contribution in [3.8, 4) is 0 Å². The van der Waals surface area contributed by atoms with Crippen molar-refractivity contribution < 1.29 is 0 Å². The molecule has 2 aliphatic carbocycles. The second-order valence-corrected chi connectivity index (χ2v) is 13.9. The van der Waals surface area contributed by atoms with Crippen molar-refractivity contribution in [3.05, 3.63) is 140 Å². The Balaban J connectivity index is 1.59. The molecule has 0 aliphatic heterocycles. The van der Waals surface area contributed by atoms with Crippen LogP contribution in [0.15, 0.2) is 118 Å². The number of unbranched alkanes of at least 4 members (excludes halogenated alkanes) is 2. The number of fused-ring (bicyclic) bond motifs is 2. The fourth-order valence-corrected chi connectivity index (χ4v) is 7.08. The molecule has 1 nitrogen and oxygen atoms in total. The van der Waals surface area contributed by atoms with Crippen LogP contribution in [0.2, 0.25) is 0 Å². The maximum atomic E-state index is 7.25. The summed E-state index contributed by atoms with van der Waals surface area (Å²) in [4.78, 5) is 0. The average molecular weight is 642 g/mol. The molecule has 5 rings (SSSR count). The van der Waals surface area contributed by atoms with Gasteiger partial charge in [-0.2, -0.15) is 0 Å². The van der Waals surface area contributed by atoms with E-state index < -0.39 is 0 Å². The van der Waals surface area contributed by atoms with Crippen LogP contribution in [0.5, 0.6) is 0 Å². The van der Waals surface area contributed by atoms with Crippen molar-refractivity contribution in [2.45, 2.75) is 99.5 Å². The highest BCUT2D eigenvalue weighted by Gasteiger charge is 2.24. The van der Waals surface area contributed by atoms with Gasteiger partial charge in [-0.05, 0) is 117 Å². The fourth-order valence-electron chi connectivity index (χ4n) is 6.76. The Morgan fingerprint density at radius 2 is 1.36 bits per heavy atom. The summed E-state index contributed by atoms with van der Waals surface area (Å²) in [5.74, 6) is 0. The highest BCUT2D eigenvalue weighted by atomic mass is 35.5. The van der Waals surface area contributed by atoms with E-state index >= 15 is 0 Å². The molecule has 0 atom stereocenters. The quantitative estimate of drug-likeness (QED) is 0.196. The van der Waals surface area contributed by atoms with Gasteiger partial charge in [0.15, 0.2) is 0 Å². The fraction of sp³-hybridized carbons (Fsp3) is 0.333.